The Morgan fingerprint density at radius 1 is 1.00 bits per heavy atom. The molecule has 2 amide bonds. The van der Waals surface area contributed by atoms with Gasteiger partial charge in [-0.05, 0) is 55.8 Å². The first-order valence-corrected chi connectivity index (χ1v) is 9.58. The third-order valence-corrected chi connectivity index (χ3v) is 5.85. The number of likely N-dealkylation sites (tertiary alicyclic amines) is 2. The van der Waals surface area contributed by atoms with Crippen LogP contribution in [0.4, 0.5) is 10.5 Å². The molecule has 2 aromatic rings. The quantitative estimate of drug-likeness (QED) is 0.866. The maximum atomic E-state index is 12.3. The van der Waals surface area contributed by atoms with E-state index in [2.05, 4.69) is 22.3 Å². The minimum Gasteiger partial charge on any atom is -0.323 e. The standard InChI is InChI=1S/C21H24ClN3O/c22-18-8-6-17(7-9-18)14-24-12-10-21(11-13-24)15-25(16-21)20(26)23-19-4-2-1-3-5-19/h1-9H,10-16H2,(H,23,26). The molecule has 26 heavy (non-hydrogen) atoms. The Bertz CT molecular complexity index is 747. The fourth-order valence-corrected chi connectivity index (χ4v) is 4.11. The molecule has 2 saturated heterocycles. The Morgan fingerprint density at radius 3 is 2.31 bits per heavy atom. The SMILES string of the molecule is O=C(Nc1ccccc1)N1CC2(CCN(Cc3ccc(Cl)cc3)CC2)C1. The van der Waals surface area contributed by atoms with E-state index < -0.39 is 0 Å². The predicted molar refractivity (Wildman–Crippen MR) is 105 cm³/mol. The molecule has 0 radical (unpaired) electrons. The van der Waals surface area contributed by atoms with Gasteiger partial charge in [0.2, 0.25) is 0 Å². The molecule has 0 atom stereocenters. The zero-order valence-electron chi connectivity index (χ0n) is 14.8. The number of hydrogen-bond acceptors (Lipinski definition) is 2. The summed E-state index contributed by atoms with van der Waals surface area (Å²) in [5, 5.41) is 3.76. The van der Waals surface area contributed by atoms with Gasteiger partial charge in [0.1, 0.15) is 0 Å². The minimum atomic E-state index is 0.0189. The third kappa shape index (κ3) is 3.87. The monoisotopic (exact) mass is 369 g/mol. The van der Waals surface area contributed by atoms with Crippen LogP contribution in [0.1, 0.15) is 18.4 Å². The molecule has 0 saturated carbocycles. The lowest BCUT2D eigenvalue weighted by molar-refractivity contribution is -0.0200. The third-order valence-electron chi connectivity index (χ3n) is 5.60. The van der Waals surface area contributed by atoms with Gasteiger partial charge < -0.3 is 10.2 Å². The largest absolute Gasteiger partial charge is 0.323 e. The Hall–Kier alpha value is -2.04. The average Bonchev–Trinajstić information content (AvgIpc) is 2.63. The van der Waals surface area contributed by atoms with E-state index in [1.807, 2.05) is 47.4 Å². The molecule has 1 spiro atoms. The molecule has 4 rings (SSSR count). The zero-order valence-corrected chi connectivity index (χ0v) is 15.6. The fourth-order valence-electron chi connectivity index (χ4n) is 3.98. The number of halogens is 1. The van der Waals surface area contributed by atoms with Crippen LogP contribution in [0.3, 0.4) is 0 Å². The van der Waals surface area contributed by atoms with E-state index in [-0.39, 0.29) is 6.03 Å². The summed E-state index contributed by atoms with van der Waals surface area (Å²) < 4.78 is 0. The smallest absolute Gasteiger partial charge is 0.321 e. The summed E-state index contributed by atoms with van der Waals surface area (Å²) in [5.74, 6) is 0. The van der Waals surface area contributed by atoms with Crippen molar-refractivity contribution in [3.05, 3.63) is 65.2 Å². The van der Waals surface area contributed by atoms with Gasteiger partial charge in [-0.2, -0.15) is 0 Å². The van der Waals surface area contributed by atoms with E-state index in [1.54, 1.807) is 0 Å². The highest BCUT2D eigenvalue weighted by Gasteiger charge is 2.46. The number of nitrogens with zero attached hydrogens (tertiary/aromatic N) is 2. The number of benzene rings is 2. The van der Waals surface area contributed by atoms with Crippen LogP contribution in [0.25, 0.3) is 0 Å². The van der Waals surface area contributed by atoms with E-state index in [1.165, 1.54) is 5.56 Å². The van der Waals surface area contributed by atoms with Crippen molar-refractivity contribution in [2.24, 2.45) is 5.41 Å². The molecule has 0 unspecified atom stereocenters. The van der Waals surface area contributed by atoms with Gasteiger partial charge in [-0.1, -0.05) is 41.9 Å². The van der Waals surface area contributed by atoms with Crippen molar-refractivity contribution in [3.63, 3.8) is 0 Å². The summed E-state index contributed by atoms with van der Waals surface area (Å²) in [6, 6.07) is 17.8. The highest BCUT2D eigenvalue weighted by Crippen LogP contribution is 2.40. The Balaban J connectivity index is 1.24. The summed E-state index contributed by atoms with van der Waals surface area (Å²) in [4.78, 5) is 16.8. The lowest BCUT2D eigenvalue weighted by atomic mass is 9.72. The maximum absolute atomic E-state index is 12.3. The number of hydrogen-bond donors (Lipinski definition) is 1. The van der Waals surface area contributed by atoms with Gasteiger partial charge in [0, 0.05) is 35.8 Å². The molecule has 2 aliphatic rings. The number of nitrogens with one attached hydrogen (secondary N) is 1. The highest BCUT2D eigenvalue weighted by molar-refractivity contribution is 6.30. The van der Waals surface area contributed by atoms with Crippen molar-refractivity contribution in [1.82, 2.24) is 9.80 Å². The van der Waals surface area contributed by atoms with E-state index in [4.69, 9.17) is 11.6 Å². The Morgan fingerprint density at radius 2 is 1.65 bits per heavy atom. The maximum Gasteiger partial charge on any atom is 0.321 e. The predicted octanol–water partition coefficient (Wildman–Crippen LogP) is 4.47. The molecule has 2 fully saturated rings. The number of para-hydroxylation sites is 1. The van der Waals surface area contributed by atoms with Gasteiger partial charge in [0.15, 0.2) is 0 Å². The molecule has 2 heterocycles. The molecular weight excluding hydrogens is 346 g/mol. The van der Waals surface area contributed by atoms with Gasteiger partial charge in [-0.25, -0.2) is 4.79 Å². The number of rotatable bonds is 3. The second-order valence-corrected chi connectivity index (χ2v) is 7.99. The molecule has 2 aliphatic heterocycles. The van der Waals surface area contributed by atoms with Gasteiger partial charge in [-0.15, -0.1) is 0 Å². The van der Waals surface area contributed by atoms with Crippen LogP contribution in [0.2, 0.25) is 5.02 Å². The minimum absolute atomic E-state index is 0.0189. The first-order chi connectivity index (χ1) is 12.6. The van der Waals surface area contributed by atoms with E-state index in [0.717, 1.165) is 56.3 Å². The first-order valence-electron chi connectivity index (χ1n) is 9.20. The van der Waals surface area contributed by atoms with Crippen molar-refractivity contribution in [3.8, 4) is 0 Å². The lowest BCUT2D eigenvalue weighted by Crippen LogP contribution is -2.62. The fraction of sp³-hybridized carbons (Fsp3) is 0.381. The number of piperidine rings is 1. The van der Waals surface area contributed by atoms with Crippen molar-refractivity contribution in [1.29, 1.82) is 0 Å². The van der Waals surface area contributed by atoms with Crippen molar-refractivity contribution in [2.45, 2.75) is 19.4 Å². The average molecular weight is 370 g/mol. The molecule has 0 bridgehead atoms. The normalized spacial score (nSPS) is 19.2. The topological polar surface area (TPSA) is 35.6 Å². The number of carbonyl (C=O) groups is 1. The van der Waals surface area contributed by atoms with E-state index in [0.29, 0.717) is 5.41 Å². The molecule has 1 N–H and O–H groups in total. The summed E-state index contributed by atoms with van der Waals surface area (Å²) in [6.45, 7) is 4.92. The van der Waals surface area contributed by atoms with Gasteiger partial charge in [-0.3, -0.25) is 4.90 Å². The van der Waals surface area contributed by atoms with Crippen LogP contribution in [0.15, 0.2) is 54.6 Å². The van der Waals surface area contributed by atoms with Crippen molar-refractivity contribution >= 4 is 23.3 Å². The molecular formula is C21H24ClN3O. The first kappa shape index (κ1) is 17.4. The molecule has 5 heteroatoms. The Kier molecular flexibility index (Phi) is 4.88. The number of amides is 2. The van der Waals surface area contributed by atoms with Crippen LogP contribution in [-0.2, 0) is 6.54 Å². The number of urea groups is 1. The van der Waals surface area contributed by atoms with Crippen LogP contribution >= 0.6 is 11.6 Å². The summed E-state index contributed by atoms with van der Waals surface area (Å²) in [7, 11) is 0. The number of carbonyl (C=O) groups excluding carboxylic acids is 1. The summed E-state index contributed by atoms with van der Waals surface area (Å²) >= 11 is 5.96. The molecule has 2 aromatic carbocycles. The lowest BCUT2D eigenvalue weighted by Gasteiger charge is -2.53. The van der Waals surface area contributed by atoms with Crippen LogP contribution in [0.5, 0.6) is 0 Å². The summed E-state index contributed by atoms with van der Waals surface area (Å²) in [6.07, 6.45) is 2.32. The van der Waals surface area contributed by atoms with Crippen LogP contribution < -0.4 is 5.32 Å². The zero-order chi connectivity index (χ0) is 18.0. The Labute approximate surface area is 159 Å². The number of anilines is 1. The van der Waals surface area contributed by atoms with Gasteiger partial charge in [0.05, 0.1) is 0 Å². The molecule has 0 aliphatic carbocycles. The van der Waals surface area contributed by atoms with Gasteiger partial charge >= 0.3 is 6.03 Å². The van der Waals surface area contributed by atoms with Crippen LogP contribution in [0, 0.1) is 5.41 Å². The molecule has 136 valence electrons. The summed E-state index contributed by atoms with van der Waals surface area (Å²) in [5.41, 5.74) is 2.49. The van der Waals surface area contributed by atoms with E-state index >= 15 is 0 Å². The van der Waals surface area contributed by atoms with Crippen molar-refractivity contribution < 1.29 is 4.79 Å². The molecule has 4 nitrogen and oxygen atoms in total. The van der Waals surface area contributed by atoms with Gasteiger partial charge in [0.25, 0.3) is 0 Å². The van der Waals surface area contributed by atoms with E-state index in [9.17, 15) is 4.79 Å². The van der Waals surface area contributed by atoms with Crippen molar-refractivity contribution in [2.75, 3.05) is 31.5 Å². The molecule has 0 aromatic heterocycles. The second-order valence-electron chi connectivity index (χ2n) is 7.55. The van der Waals surface area contributed by atoms with Crippen LogP contribution in [-0.4, -0.2) is 42.0 Å². The highest BCUT2D eigenvalue weighted by atomic mass is 35.5. The second kappa shape index (κ2) is 7.29.